The zero-order chi connectivity index (χ0) is 20.1. The van der Waals surface area contributed by atoms with Gasteiger partial charge in [0.05, 0.1) is 11.4 Å². The van der Waals surface area contributed by atoms with Crippen molar-refractivity contribution in [2.45, 2.75) is 74.3 Å². The molecule has 144 valence electrons. The van der Waals surface area contributed by atoms with E-state index < -0.39 is 0 Å². The van der Waals surface area contributed by atoms with Gasteiger partial charge in [-0.2, -0.15) is 0 Å². The minimum atomic E-state index is 0.163. The standard InChI is InChI=1S/C23H37N3/c1-15(2)26-22-13-20(16(3)11-17(22)4)21(25)10-9-19(12-18(5)24)14-23(6,7)8/h9-11,13,18-19,25H,12,14,24H2,1-8H3/b10-9-,25-21?. The average molecular weight is 356 g/mol. The fourth-order valence-electron chi connectivity index (χ4n) is 3.31. The molecule has 3 nitrogen and oxygen atoms in total. The van der Waals surface area contributed by atoms with Gasteiger partial charge in [0.1, 0.15) is 0 Å². The zero-order valence-electron chi connectivity index (χ0n) is 17.9. The molecule has 0 heterocycles. The number of allylic oxidation sites excluding steroid dienone is 2. The van der Waals surface area contributed by atoms with Crippen molar-refractivity contribution < 1.29 is 0 Å². The first-order chi connectivity index (χ1) is 11.9. The molecule has 0 saturated heterocycles. The van der Waals surface area contributed by atoms with Crippen LogP contribution in [0.1, 0.15) is 71.1 Å². The second kappa shape index (κ2) is 9.27. The molecule has 2 unspecified atom stereocenters. The summed E-state index contributed by atoms with van der Waals surface area (Å²) >= 11 is 0. The summed E-state index contributed by atoms with van der Waals surface area (Å²) in [5.41, 5.74) is 12.0. The molecule has 0 aliphatic rings. The molecule has 1 aromatic carbocycles. The summed E-state index contributed by atoms with van der Waals surface area (Å²) in [5.74, 6) is 0.386. The van der Waals surface area contributed by atoms with Gasteiger partial charge in [-0.3, -0.25) is 4.99 Å². The highest BCUT2D eigenvalue weighted by Crippen LogP contribution is 2.28. The van der Waals surface area contributed by atoms with Crippen LogP contribution in [0.5, 0.6) is 0 Å². The second-order valence-electron chi connectivity index (χ2n) is 9.02. The third kappa shape index (κ3) is 7.65. The normalized spacial score (nSPS) is 14.3. The number of nitrogens with zero attached hydrogens (tertiary/aromatic N) is 1. The van der Waals surface area contributed by atoms with E-state index in [1.807, 2.05) is 26.0 Å². The van der Waals surface area contributed by atoms with Crippen LogP contribution in [0, 0.1) is 30.6 Å². The van der Waals surface area contributed by atoms with Crippen LogP contribution in [0.3, 0.4) is 0 Å². The van der Waals surface area contributed by atoms with E-state index in [4.69, 9.17) is 11.1 Å². The van der Waals surface area contributed by atoms with Crippen LogP contribution in [0.15, 0.2) is 29.3 Å². The molecule has 3 heteroatoms. The van der Waals surface area contributed by atoms with Crippen molar-refractivity contribution in [1.82, 2.24) is 0 Å². The van der Waals surface area contributed by atoms with Gasteiger partial charge >= 0.3 is 0 Å². The van der Waals surface area contributed by atoms with Crippen LogP contribution >= 0.6 is 0 Å². The number of nitrogens with one attached hydrogen (secondary N) is 1. The Kier molecular flexibility index (Phi) is 7.95. The highest BCUT2D eigenvalue weighted by Gasteiger charge is 2.18. The molecule has 0 fully saturated rings. The van der Waals surface area contributed by atoms with E-state index in [1.54, 1.807) is 0 Å². The lowest BCUT2D eigenvalue weighted by Gasteiger charge is -2.25. The van der Waals surface area contributed by atoms with E-state index in [-0.39, 0.29) is 11.5 Å². The molecular formula is C23H37N3. The van der Waals surface area contributed by atoms with E-state index in [0.29, 0.717) is 11.6 Å². The lowest BCUT2D eigenvalue weighted by Crippen LogP contribution is -2.22. The highest BCUT2D eigenvalue weighted by atomic mass is 14.7. The molecule has 1 aromatic rings. The van der Waals surface area contributed by atoms with Gasteiger partial charge in [-0.05, 0) is 82.1 Å². The largest absolute Gasteiger partial charge is 0.328 e. The molecule has 0 aliphatic heterocycles. The Balaban J connectivity index is 3.10. The monoisotopic (exact) mass is 355 g/mol. The Labute approximate surface area is 160 Å². The number of rotatable bonds is 7. The lowest BCUT2D eigenvalue weighted by molar-refractivity contribution is 0.308. The summed E-state index contributed by atoms with van der Waals surface area (Å²) in [5, 5.41) is 8.56. The summed E-state index contributed by atoms with van der Waals surface area (Å²) < 4.78 is 0. The summed E-state index contributed by atoms with van der Waals surface area (Å²) in [6.45, 7) is 16.9. The Morgan fingerprint density at radius 1 is 1.19 bits per heavy atom. The molecular weight excluding hydrogens is 318 g/mol. The number of hydrogen-bond acceptors (Lipinski definition) is 3. The molecule has 26 heavy (non-hydrogen) atoms. The fourth-order valence-corrected chi connectivity index (χ4v) is 3.31. The first-order valence-corrected chi connectivity index (χ1v) is 9.55. The summed E-state index contributed by atoms with van der Waals surface area (Å²) in [6, 6.07) is 4.32. The second-order valence-corrected chi connectivity index (χ2v) is 9.02. The van der Waals surface area contributed by atoms with E-state index >= 15 is 0 Å². The van der Waals surface area contributed by atoms with Gasteiger partial charge in [-0.25, -0.2) is 0 Å². The van der Waals surface area contributed by atoms with Crippen molar-refractivity contribution >= 4 is 17.1 Å². The van der Waals surface area contributed by atoms with Crippen LogP contribution in [0.25, 0.3) is 0 Å². The Morgan fingerprint density at radius 2 is 1.81 bits per heavy atom. The van der Waals surface area contributed by atoms with Crippen molar-refractivity contribution in [1.29, 1.82) is 5.41 Å². The number of nitrogens with two attached hydrogens (primary N) is 1. The SMILES string of the molecule is CC(C)=Nc1cc(C(=N)/C=C\C(CC(C)N)CC(C)(C)C)c(C)cc1C. The zero-order valence-corrected chi connectivity index (χ0v) is 17.9. The molecule has 0 bridgehead atoms. The van der Waals surface area contributed by atoms with Crippen LogP contribution in [0.2, 0.25) is 0 Å². The molecule has 0 aliphatic carbocycles. The average Bonchev–Trinajstić information content (AvgIpc) is 2.44. The lowest BCUT2D eigenvalue weighted by atomic mass is 9.81. The quantitative estimate of drug-likeness (QED) is 0.568. The molecule has 2 atom stereocenters. The molecule has 1 rings (SSSR count). The summed E-state index contributed by atoms with van der Waals surface area (Å²) in [4.78, 5) is 4.61. The van der Waals surface area contributed by atoms with Gasteiger partial charge in [-0.1, -0.05) is 32.9 Å². The minimum Gasteiger partial charge on any atom is -0.328 e. The van der Waals surface area contributed by atoms with Gasteiger partial charge in [-0.15, -0.1) is 0 Å². The molecule has 0 radical (unpaired) electrons. The predicted molar refractivity (Wildman–Crippen MR) is 116 cm³/mol. The Bertz CT molecular complexity index is 684. The molecule has 0 aromatic heterocycles. The topological polar surface area (TPSA) is 62.2 Å². The van der Waals surface area contributed by atoms with Crippen molar-refractivity contribution in [2.75, 3.05) is 0 Å². The first-order valence-electron chi connectivity index (χ1n) is 9.55. The molecule has 0 saturated carbocycles. The Morgan fingerprint density at radius 3 is 2.31 bits per heavy atom. The summed E-state index contributed by atoms with van der Waals surface area (Å²) in [6.07, 6.45) is 6.13. The Hall–Kier alpha value is -1.74. The maximum Gasteiger partial charge on any atom is 0.0664 e. The van der Waals surface area contributed by atoms with Gasteiger partial charge in [0.2, 0.25) is 0 Å². The first kappa shape index (κ1) is 22.3. The highest BCUT2D eigenvalue weighted by molar-refractivity contribution is 6.08. The molecule has 3 N–H and O–H groups in total. The number of benzene rings is 1. The van der Waals surface area contributed by atoms with Crippen molar-refractivity contribution in [3.05, 3.63) is 41.0 Å². The van der Waals surface area contributed by atoms with Gasteiger partial charge in [0, 0.05) is 17.3 Å². The maximum absolute atomic E-state index is 8.56. The minimum absolute atomic E-state index is 0.163. The van der Waals surface area contributed by atoms with E-state index in [0.717, 1.165) is 40.9 Å². The molecule has 0 spiro atoms. The van der Waals surface area contributed by atoms with Crippen LogP contribution in [-0.2, 0) is 0 Å². The predicted octanol–water partition coefficient (Wildman–Crippen LogP) is 6.13. The number of hydrogen-bond donors (Lipinski definition) is 2. The van der Waals surface area contributed by atoms with Gasteiger partial charge < -0.3 is 11.1 Å². The van der Waals surface area contributed by atoms with Gasteiger partial charge in [0.25, 0.3) is 0 Å². The third-order valence-electron chi connectivity index (χ3n) is 4.26. The number of aliphatic imine (C=N–C) groups is 1. The van der Waals surface area contributed by atoms with E-state index in [9.17, 15) is 0 Å². The smallest absolute Gasteiger partial charge is 0.0664 e. The maximum atomic E-state index is 8.56. The molecule has 0 amide bonds. The van der Waals surface area contributed by atoms with E-state index in [1.165, 1.54) is 0 Å². The fraction of sp³-hybridized carbons (Fsp3) is 0.565. The van der Waals surface area contributed by atoms with Gasteiger partial charge in [0.15, 0.2) is 0 Å². The third-order valence-corrected chi connectivity index (χ3v) is 4.26. The number of aryl methyl sites for hydroxylation is 2. The van der Waals surface area contributed by atoms with Crippen molar-refractivity contribution in [3.63, 3.8) is 0 Å². The van der Waals surface area contributed by atoms with Crippen LogP contribution in [0.4, 0.5) is 5.69 Å². The van der Waals surface area contributed by atoms with Crippen molar-refractivity contribution in [2.24, 2.45) is 22.1 Å². The van der Waals surface area contributed by atoms with Crippen LogP contribution in [-0.4, -0.2) is 17.5 Å². The summed E-state index contributed by atoms with van der Waals surface area (Å²) in [7, 11) is 0. The van der Waals surface area contributed by atoms with Crippen molar-refractivity contribution in [3.8, 4) is 0 Å². The van der Waals surface area contributed by atoms with Crippen LogP contribution < -0.4 is 5.73 Å². The van der Waals surface area contributed by atoms with E-state index in [2.05, 4.69) is 58.7 Å².